The highest BCUT2D eigenvalue weighted by Crippen LogP contribution is 2.09. The largest absolute Gasteiger partial charge is 0.462 e. The highest BCUT2D eigenvalue weighted by molar-refractivity contribution is 5.89. The first-order valence-corrected chi connectivity index (χ1v) is 5.94. The smallest absolute Gasteiger partial charge is 0.338 e. The van der Waals surface area contributed by atoms with Crippen LogP contribution in [0.2, 0.25) is 0 Å². The lowest BCUT2D eigenvalue weighted by Gasteiger charge is -2.07. The van der Waals surface area contributed by atoms with Crippen molar-refractivity contribution in [1.29, 1.82) is 0 Å². The van der Waals surface area contributed by atoms with Crippen molar-refractivity contribution in [3.8, 4) is 0 Å². The molecular weight excluding hydrogens is 228 g/mol. The third-order valence-electron chi connectivity index (χ3n) is 2.71. The normalized spacial score (nSPS) is 10.3. The fourth-order valence-electron chi connectivity index (χ4n) is 1.78. The van der Waals surface area contributed by atoms with Crippen LogP contribution in [0.5, 0.6) is 0 Å². The maximum absolute atomic E-state index is 11.6. The van der Waals surface area contributed by atoms with E-state index in [2.05, 4.69) is 4.98 Å². The van der Waals surface area contributed by atoms with E-state index in [1.807, 2.05) is 35.9 Å². The highest BCUT2D eigenvalue weighted by Gasteiger charge is 2.07. The van der Waals surface area contributed by atoms with Gasteiger partial charge >= 0.3 is 5.97 Å². The third kappa shape index (κ3) is 2.77. The molecule has 0 bridgehead atoms. The highest BCUT2D eigenvalue weighted by atomic mass is 16.5. The van der Waals surface area contributed by atoms with E-state index < -0.39 is 0 Å². The van der Waals surface area contributed by atoms with Crippen molar-refractivity contribution in [2.45, 2.75) is 20.4 Å². The Labute approximate surface area is 106 Å². The van der Waals surface area contributed by atoms with Crippen molar-refractivity contribution >= 4 is 5.97 Å². The van der Waals surface area contributed by atoms with E-state index in [1.54, 1.807) is 19.2 Å². The number of aryl methyl sites for hydroxylation is 1. The molecule has 0 unspecified atom stereocenters. The molecule has 0 radical (unpaired) electrons. The Hall–Kier alpha value is -2.10. The Morgan fingerprint density at radius 1 is 1.44 bits per heavy atom. The number of carbonyl (C=O) groups is 1. The van der Waals surface area contributed by atoms with Gasteiger partial charge in [0, 0.05) is 18.9 Å². The van der Waals surface area contributed by atoms with E-state index in [0.717, 1.165) is 11.4 Å². The van der Waals surface area contributed by atoms with Gasteiger partial charge in [-0.05, 0) is 31.5 Å². The lowest BCUT2D eigenvalue weighted by atomic mass is 10.1. The van der Waals surface area contributed by atoms with Gasteiger partial charge in [0.15, 0.2) is 0 Å². The quantitative estimate of drug-likeness (QED) is 0.776. The van der Waals surface area contributed by atoms with Gasteiger partial charge in [0.1, 0.15) is 5.82 Å². The van der Waals surface area contributed by atoms with Crippen LogP contribution in [-0.2, 0) is 11.3 Å². The number of hydrogen-bond donors (Lipinski definition) is 0. The van der Waals surface area contributed by atoms with Crippen molar-refractivity contribution < 1.29 is 9.53 Å². The number of esters is 1. The van der Waals surface area contributed by atoms with Gasteiger partial charge in [0.25, 0.3) is 0 Å². The first kappa shape index (κ1) is 12.4. The number of aromatic nitrogens is 2. The summed E-state index contributed by atoms with van der Waals surface area (Å²) < 4.78 is 7.02. The molecule has 1 heterocycles. The molecule has 0 spiro atoms. The summed E-state index contributed by atoms with van der Waals surface area (Å²) in [4.78, 5) is 15.8. The minimum absolute atomic E-state index is 0.276. The van der Waals surface area contributed by atoms with Crippen LogP contribution in [-0.4, -0.2) is 22.1 Å². The van der Waals surface area contributed by atoms with Crippen LogP contribution in [0.25, 0.3) is 0 Å². The molecule has 0 N–H and O–H groups in total. The van der Waals surface area contributed by atoms with Crippen LogP contribution in [0.1, 0.15) is 28.7 Å². The van der Waals surface area contributed by atoms with Crippen molar-refractivity contribution in [2.75, 3.05) is 6.61 Å². The minimum Gasteiger partial charge on any atom is -0.462 e. The zero-order valence-corrected chi connectivity index (χ0v) is 10.6. The van der Waals surface area contributed by atoms with E-state index in [0.29, 0.717) is 18.7 Å². The predicted octanol–water partition coefficient (Wildman–Crippen LogP) is 2.42. The maximum Gasteiger partial charge on any atom is 0.338 e. The Morgan fingerprint density at radius 2 is 2.28 bits per heavy atom. The van der Waals surface area contributed by atoms with Gasteiger partial charge in [0.05, 0.1) is 12.2 Å². The molecule has 0 saturated carbocycles. The van der Waals surface area contributed by atoms with Crippen molar-refractivity contribution in [2.24, 2.45) is 0 Å². The molecule has 1 aromatic carbocycles. The number of ether oxygens (including phenoxy) is 1. The summed E-state index contributed by atoms with van der Waals surface area (Å²) >= 11 is 0. The van der Waals surface area contributed by atoms with Gasteiger partial charge < -0.3 is 9.30 Å². The van der Waals surface area contributed by atoms with Crippen molar-refractivity contribution in [1.82, 2.24) is 9.55 Å². The van der Waals surface area contributed by atoms with Gasteiger partial charge in [0.2, 0.25) is 0 Å². The molecule has 0 amide bonds. The fourth-order valence-corrected chi connectivity index (χ4v) is 1.78. The summed E-state index contributed by atoms with van der Waals surface area (Å²) in [6.07, 6.45) is 3.69. The van der Waals surface area contributed by atoms with Gasteiger partial charge in [-0.25, -0.2) is 9.78 Å². The average molecular weight is 244 g/mol. The number of imidazole rings is 1. The number of carbonyl (C=O) groups excluding carboxylic acids is 1. The van der Waals surface area contributed by atoms with E-state index in [9.17, 15) is 4.79 Å². The first-order chi connectivity index (χ1) is 8.70. The number of hydrogen-bond acceptors (Lipinski definition) is 3. The van der Waals surface area contributed by atoms with Gasteiger partial charge in [-0.3, -0.25) is 0 Å². The second-order valence-electron chi connectivity index (χ2n) is 4.02. The van der Waals surface area contributed by atoms with Crippen LogP contribution in [0.3, 0.4) is 0 Å². The molecular formula is C14H16N2O2. The molecule has 1 aromatic heterocycles. The molecule has 4 heteroatoms. The molecule has 18 heavy (non-hydrogen) atoms. The summed E-state index contributed by atoms with van der Waals surface area (Å²) in [6, 6.07) is 7.48. The first-order valence-electron chi connectivity index (χ1n) is 5.94. The van der Waals surface area contributed by atoms with Crippen molar-refractivity contribution in [3.05, 3.63) is 53.6 Å². The van der Waals surface area contributed by atoms with Gasteiger partial charge in [-0.2, -0.15) is 0 Å². The summed E-state index contributed by atoms with van der Waals surface area (Å²) in [5, 5.41) is 0. The maximum atomic E-state index is 11.6. The monoisotopic (exact) mass is 244 g/mol. The molecule has 94 valence electrons. The SMILES string of the molecule is CCOC(=O)c1cccc(Cn2ccnc2C)c1. The lowest BCUT2D eigenvalue weighted by Crippen LogP contribution is -2.06. The Morgan fingerprint density at radius 3 is 2.94 bits per heavy atom. The molecule has 0 saturated heterocycles. The van der Waals surface area contributed by atoms with E-state index in [1.165, 1.54) is 0 Å². The molecule has 4 nitrogen and oxygen atoms in total. The summed E-state index contributed by atoms with van der Waals surface area (Å²) in [5.41, 5.74) is 1.65. The molecule has 2 rings (SSSR count). The van der Waals surface area contributed by atoms with Crippen LogP contribution in [0.4, 0.5) is 0 Å². The fraction of sp³-hybridized carbons (Fsp3) is 0.286. The third-order valence-corrected chi connectivity index (χ3v) is 2.71. The Balaban J connectivity index is 2.17. The molecule has 2 aromatic rings. The van der Waals surface area contributed by atoms with E-state index >= 15 is 0 Å². The predicted molar refractivity (Wildman–Crippen MR) is 68.5 cm³/mol. The molecule has 0 aliphatic carbocycles. The summed E-state index contributed by atoms with van der Waals surface area (Å²) in [6.45, 7) is 4.86. The standard InChI is InChI=1S/C14H16N2O2/c1-3-18-14(17)13-6-4-5-12(9-13)10-16-8-7-15-11(16)2/h4-9H,3,10H2,1-2H3. The lowest BCUT2D eigenvalue weighted by molar-refractivity contribution is 0.0526. The minimum atomic E-state index is -0.276. The van der Waals surface area contributed by atoms with Crippen LogP contribution in [0, 0.1) is 6.92 Å². The average Bonchev–Trinajstić information content (AvgIpc) is 2.76. The van der Waals surface area contributed by atoms with Crippen LogP contribution >= 0.6 is 0 Å². The zero-order valence-electron chi connectivity index (χ0n) is 10.6. The molecule has 0 aliphatic rings. The van der Waals surface area contributed by atoms with Gasteiger partial charge in [-0.15, -0.1) is 0 Å². The van der Waals surface area contributed by atoms with Crippen molar-refractivity contribution in [3.63, 3.8) is 0 Å². The number of rotatable bonds is 4. The summed E-state index contributed by atoms with van der Waals surface area (Å²) in [7, 11) is 0. The van der Waals surface area contributed by atoms with Crippen LogP contribution in [0.15, 0.2) is 36.7 Å². The van der Waals surface area contributed by atoms with Gasteiger partial charge in [-0.1, -0.05) is 12.1 Å². The Kier molecular flexibility index (Phi) is 3.77. The number of benzene rings is 1. The molecule has 0 aliphatic heterocycles. The number of nitrogens with zero attached hydrogens (tertiary/aromatic N) is 2. The zero-order chi connectivity index (χ0) is 13.0. The topological polar surface area (TPSA) is 44.1 Å². The van der Waals surface area contributed by atoms with E-state index in [4.69, 9.17) is 4.74 Å². The Bertz CT molecular complexity index is 546. The molecule has 0 atom stereocenters. The molecule has 0 fully saturated rings. The summed E-state index contributed by atoms with van der Waals surface area (Å²) in [5.74, 6) is 0.679. The van der Waals surface area contributed by atoms with E-state index in [-0.39, 0.29) is 5.97 Å². The second-order valence-corrected chi connectivity index (χ2v) is 4.02. The van der Waals surface area contributed by atoms with Crippen LogP contribution < -0.4 is 0 Å². The second kappa shape index (κ2) is 5.49.